The lowest BCUT2D eigenvalue weighted by Gasteiger charge is -2.35. The Kier molecular flexibility index (Phi) is 4.43. The van der Waals surface area contributed by atoms with Crippen molar-refractivity contribution in [1.29, 1.82) is 0 Å². The van der Waals surface area contributed by atoms with Gasteiger partial charge in [0.25, 0.3) is 5.91 Å². The average Bonchev–Trinajstić information content (AvgIpc) is 3.00. The van der Waals surface area contributed by atoms with Crippen LogP contribution in [-0.4, -0.2) is 34.5 Å². The van der Waals surface area contributed by atoms with Crippen LogP contribution in [0.5, 0.6) is 0 Å². The fourth-order valence-electron chi connectivity index (χ4n) is 3.33. The van der Waals surface area contributed by atoms with E-state index in [1.54, 1.807) is 0 Å². The third kappa shape index (κ3) is 3.14. The number of likely N-dealkylation sites (tertiary alicyclic amines) is 1. The number of piperidine rings is 1. The van der Waals surface area contributed by atoms with Crippen LogP contribution in [0.25, 0.3) is 0 Å². The molecule has 1 atom stereocenters. The molecule has 5 nitrogen and oxygen atoms in total. The van der Waals surface area contributed by atoms with Gasteiger partial charge in [0, 0.05) is 24.6 Å². The van der Waals surface area contributed by atoms with Crippen LogP contribution in [0.4, 0.5) is 0 Å². The molecule has 2 aliphatic heterocycles. The molecule has 1 fully saturated rings. The largest absolute Gasteiger partial charge is 0.481 e. The van der Waals surface area contributed by atoms with E-state index in [2.05, 4.69) is 0 Å². The molecule has 0 saturated carbocycles. The van der Waals surface area contributed by atoms with E-state index in [4.69, 9.17) is 9.84 Å². The highest BCUT2D eigenvalue weighted by Gasteiger charge is 2.28. The molecule has 2 aliphatic rings. The fourth-order valence-corrected chi connectivity index (χ4v) is 3.33. The average molecular weight is 303 g/mol. The summed E-state index contributed by atoms with van der Waals surface area (Å²) in [6.45, 7) is 1.91. The number of hydrogen-bond acceptors (Lipinski definition) is 3. The zero-order chi connectivity index (χ0) is 15.5. The third-order valence-corrected chi connectivity index (χ3v) is 4.55. The number of hydrogen-bond donors (Lipinski definition) is 1. The van der Waals surface area contributed by atoms with Crippen molar-refractivity contribution in [2.24, 2.45) is 0 Å². The number of ether oxygens (including phenoxy) is 1. The summed E-state index contributed by atoms with van der Waals surface area (Å²) in [5.74, 6) is -0.780. The molecule has 0 radical (unpaired) electrons. The molecule has 1 aromatic carbocycles. The highest BCUT2D eigenvalue weighted by atomic mass is 16.5. The molecule has 3 rings (SSSR count). The molecule has 0 aromatic heterocycles. The first kappa shape index (κ1) is 15.0. The van der Waals surface area contributed by atoms with E-state index < -0.39 is 5.97 Å². The maximum atomic E-state index is 12.8. The first-order valence-corrected chi connectivity index (χ1v) is 7.87. The normalized spacial score (nSPS) is 20.7. The second-order valence-electron chi connectivity index (χ2n) is 6.06. The lowest BCUT2D eigenvalue weighted by atomic mass is 9.96. The van der Waals surface area contributed by atoms with Crippen molar-refractivity contribution in [3.8, 4) is 0 Å². The summed E-state index contributed by atoms with van der Waals surface area (Å²) in [5, 5.41) is 8.87. The van der Waals surface area contributed by atoms with E-state index in [0.717, 1.165) is 36.9 Å². The first-order chi connectivity index (χ1) is 10.6. The molecule has 1 aromatic rings. The Morgan fingerprint density at radius 1 is 1.23 bits per heavy atom. The van der Waals surface area contributed by atoms with Crippen LogP contribution in [0.15, 0.2) is 18.2 Å². The Bertz CT molecular complexity index is 584. The monoisotopic (exact) mass is 303 g/mol. The van der Waals surface area contributed by atoms with Crippen molar-refractivity contribution in [2.45, 2.75) is 51.4 Å². The highest BCUT2D eigenvalue weighted by molar-refractivity contribution is 5.94. The number of carbonyl (C=O) groups is 2. The van der Waals surface area contributed by atoms with Crippen molar-refractivity contribution >= 4 is 11.9 Å². The maximum Gasteiger partial charge on any atom is 0.303 e. The van der Waals surface area contributed by atoms with Crippen molar-refractivity contribution in [3.05, 3.63) is 34.9 Å². The van der Waals surface area contributed by atoms with Gasteiger partial charge in [0.1, 0.15) is 0 Å². The predicted octanol–water partition coefficient (Wildman–Crippen LogP) is 2.58. The minimum atomic E-state index is -0.798. The lowest BCUT2D eigenvalue weighted by molar-refractivity contribution is -0.137. The van der Waals surface area contributed by atoms with Crippen molar-refractivity contribution in [1.82, 2.24) is 4.90 Å². The van der Waals surface area contributed by atoms with Crippen LogP contribution in [0.3, 0.4) is 0 Å². The van der Waals surface area contributed by atoms with Gasteiger partial charge in [0.05, 0.1) is 13.2 Å². The quantitative estimate of drug-likeness (QED) is 0.928. The Balaban J connectivity index is 1.75. The molecule has 118 valence electrons. The molecule has 0 spiro atoms. The van der Waals surface area contributed by atoms with Crippen LogP contribution >= 0.6 is 0 Å². The van der Waals surface area contributed by atoms with Crippen LogP contribution in [0, 0.1) is 0 Å². The zero-order valence-corrected chi connectivity index (χ0v) is 12.6. The number of carboxylic acids is 1. The number of benzene rings is 1. The molecule has 1 unspecified atom stereocenters. The minimum Gasteiger partial charge on any atom is -0.481 e. The molecule has 0 bridgehead atoms. The SMILES string of the molecule is O=C(O)CCC1CCCCN1C(=O)c1ccc2c(c1)COC2. The van der Waals surface area contributed by atoms with E-state index in [0.29, 0.717) is 25.2 Å². The Hall–Kier alpha value is -1.88. The van der Waals surface area contributed by atoms with Crippen LogP contribution in [-0.2, 0) is 22.7 Å². The molecule has 1 saturated heterocycles. The summed E-state index contributed by atoms with van der Waals surface area (Å²) in [4.78, 5) is 25.5. The zero-order valence-electron chi connectivity index (χ0n) is 12.6. The van der Waals surface area contributed by atoms with Gasteiger partial charge in [-0.05, 0) is 48.9 Å². The second-order valence-corrected chi connectivity index (χ2v) is 6.06. The molecule has 22 heavy (non-hydrogen) atoms. The fraction of sp³-hybridized carbons (Fsp3) is 0.529. The van der Waals surface area contributed by atoms with Crippen molar-refractivity contribution < 1.29 is 19.4 Å². The van der Waals surface area contributed by atoms with Gasteiger partial charge in [-0.3, -0.25) is 9.59 Å². The van der Waals surface area contributed by atoms with Gasteiger partial charge < -0.3 is 14.7 Å². The Labute approximate surface area is 129 Å². The van der Waals surface area contributed by atoms with Crippen molar-refractivity contribution in [3.63, 3.8) is 0 Å². The number of carbonyl (C=O) groups excluding carboxylic acids is 1. The van der Waals surface area contributed by atoms with Crippen LogP contribution in [0.2, 0.25) is 0 Å². The van der Waals surface area contributed by atoms with Crippen LogP contribution < -0.4 is 0 Å². The number of aliphatic carboxylic acids is 1. The predicted molar refractivity (Wildman–Crippen MR) is 80.5 cm³/mol. The topological polar surface area (TPSA) is 66.8 Å². The lowest BCUT2D eigenvalue weighted by Crippen LogP contribution is -2.44. The molecule has 2 heterocycles. The van der Waals surface area contributed by atoms with Gasteiger partial charge in [-0.15, -0.1) is 0 Å². The molecular formula is C17H21NO4. The summed E-state index contributed by atoms with van der Waals surface area (Å²) < 4.78 is 5.39. The van der Waals surface area contributed by atoms with Gasteiger partial charge in [-0.2, -0.15) is 0 Å². The number of fused-ring (bicyclic) bond motifs is 1. The van der Waals surface area contributed by atoms with E-state index in [-0.39, 0.29) is 18.4 Å². The molecule has 1 N–H and O–H groups in total. The summed E-state index contributed by atoms with van der Waals surface area (Å²) in [7, 11) is 0. The third-order valence-electron chi connectivity index (χ3n) is 4.55. The van der Waals surface area contributed by atoms with E-state index >= 15 is 0 Å². The molecule has 5 heteroatoms. The van der Waals surface area contributed by atoms with Gasteiger partial charge >= 0.3 is 5.97 Å². The minimum absolute atomic E-state index is 0.0183. The summed E-state index contributed by atoms with van der Waals surface area (Å²) in [6, 6.07) is 5.79. The number of rotatable bonds is 4. The Morgan fingerprint density at radius 2 is 2.05 bits per heavy atom. The van der Waals surface area contributed by atoms with Crippen molar-refractivity contribution in [2.75, 3.05) is 6.54 Å². The summed E-state index contributed by atoms with van der Waals surface area (Å²) in [6.07, 6.45) is 3.60. The Morgan fingerprint density at radius 3 is 2.86 bits per heavy atom. The molecule has 0 aliphatic carbocycles. The van der Waals surface area contributed by atoms with E-state index in [9.17, 15) is 9.59 Å². The standard InChI is InChI=1S/C17H21NO4/c19-16(20)7-6-15-3-1-2-8-18(15)17(21)12-4-5-13-10-22-11-14(13)9-12/h4-5,9,15H,1-3,6-8,10-11H2,(H,19,20). The van der Waals surface area contributed by atoms with Gasteiger partial charge in [0.15, 0.2) is 0 Å². The molecular weight excluding hydrogens is 282 g/mol. The highest BCUT2D eigenvalue weighted by Crippen LogP contribution is 2.25. The first-order valence-electron chi connectivity index (χ1n) is 7.87. The van der Waals surface area contributed by atoms with Gasteiger partial charge in [-0.25, -0.2) is 0 Å². The summed E-state index contributed by atoms with van der Waals surface area (Å²) in [5.41, 5.74) is 2.93. The number of amides is 1. The summed E-state index contributed by atoms with van der Waals surface area (Å²) >= 11 is 0. The van der Waals surface area contributed by atoms with Gasteiger partial charge in [0.2, 0.25) is 0 Å². The van der Waals surface area contributed by atoms with Crippen LogP contribution in [0.1, 0.15) is 53.6 Å². The van der Waals surface area contributed by atoms with E-state index in [1.807, 2.05) is 23.1 Å². The van der Waals surface area contributed by atoms with E-state index in [1.165, 1.54) is 0 Å². The van der Waals surface area contributed by atoms with Gasteiger partial charge in [-0.1, -0.05) is 6.07 Å². The number of nitrogens with zero attached hydrogens (tertiary/aromatic N) is 1. The smallest absolute Gasteiger partial charge is 0.303 e. The number of carboxylic acid groups (broad SMARTS) is 1. The maximum absolute atomic E-state index is 12.8. The molecule has 1 amide bonds. The second kappa shape index (κ2) is 6.48.